The molecular formula is C17H26Cl3FN2. The van der Waals surface area contributed by atoms with Crippen molar-refractivity contribution >= 4 is 36.4 Å². The standard InChI is InChI=1S/C17H24ClFN2.2ClH/c18-14-7-4-8-15(19)16(14)17(13-5-2-1-3-6-13)21-11-9-20-10-12-21;;/h4,7-8,13,17,20H,1-3,5-6,9-12H2;2*1H/t17-;;/m0../s1. The van der Waals surface area contributed by atoms with Crippen LogP contribution in [-0.2, 0) is 0 Å². The SMILES string of the molecule is Cl.Cl.Fc1cccc(Cl)c1[C@H](C1CCCCC1)N1CCNCC1. The molecule has 1 N–H and O–H groups in total. The van der Waals surface area contributed by atoms with E-state index >= 15 is 0 Å². The Balaban J connectivity index is 0.00000132. The summed E-state index contributed by atoms with van der Waals surface area (Å²) >= 11 is 6.38. The second-order valence-electron chi connectivity index (χ2n) is 6.26. The van der Waals surface area contributed by atoms with Crippen LogP contribution in [0, 0.1) is 11.7 Å². The van der Waals surface area contributed by atoms with Gasteiger partial charge in [-0.05, 0) is 30.9 Å². The molecule has 1 saturated heterocycles. The zero-order chi connectivity index (χ0) is 14.7. The summed E-state index contributed by atoms with van der Waals surface area (Å²) in [5.74, 6) is 0.392. The van der Waals surface area contributed by atoms with Gasteiger partial charge in [0, 0.05) is 42.8 Å². The molecule has 1 aliphatic heterocycles. The molecule has 2 aliphatic rings. The number of nitrogens with zero attached hydrogens (tertiary/aromatic N) is 1. The van der Waals surface area contributed by atoms with E-state index in [9.17, 15) is 4.39 Å². The average Bonchev–Trinajstić information content (AvgIpc) is 2.53. The second kappa shape index (κ2) is 10.0. The quantitative estimate of drug-likeness (QED) is 0.802. The summed E-state index contributed by atoms with van der Waals surface area (Å²) in [5, 5.41) is 3.97. The van der Waals surface area contributed by atoms with Crippen molar-refractivity contribution in [3.05, 3.63) is 34.6 Å². The van der Waals surface area contributed by atoms with Crippen molar-refractivity contribution in [2.75, 3.05) is 26.2 Å². The van der Waals surface area contributed by atoms with Gasteiger partial charge in [0.1, 0.15) is 5.82 Å². The molecule has 1 aromatic carbocycles. The lowest BCUT2D eigenvalue weighted by Gasteiger charge is -2.41. The number of piperazine rings is 1. The predicted molar refractivity (Wildman–Crippen MR) is 99.7 cm³/mol. The summed E-state index contributed by atoms with van der Waals surface area (Å²) in [4.78, 5) is 2.44. The van der Waals surface area contributed by atoms with Gasteiger partial charge in [-0.15, -0.1) is 24.8 Å². The maximum Gasteiger partial charge on any atom is 0.129 e. The topological polar surface area (TPSA) is 15.3 Å². The highest BCUT2D eigenvalue weighted by atomic mass is 35.5. The minimum Gasteiger partial charge on any atom is -0.314 e. The molecule has 1 saturated carbocycles. The van der Waals surface area contributed by atoms with Crippen LogP contribution in [0.25, 0.3) is 0 Å². The van der Waals surface area contributed by atoms with Crippen LogP contribution in [0.1, 0.15) is 43.7 Å². The fourth-order valence-electron chi connectivity index (χ4n) is 3.92. The van der Waals surface area contributed by atoms with Crippen molar-refractivity contribution in [3.8, 4) is 0 Å². The van der Waals surface area contributed by atoms with Gasteiger partial charge >= 0.3 is 0 Å². The molecular weight excluding hydrogens is 358 g/mol. The number of hydrogen-bond acceptors (Lipinski definition) is 2. The second-order valence-corrected chi connectivity index (χ2v) is 6.67. The van der Waals surface area contributed by atoms with E-state index in [1.807, 2.05) is 6.07 Å². The molecule has 0 amide bonds. The van der Waals surface area contributed by atoms with E-state index in [2.05, 4.69) is 10.2 Å². The molecule has 0 aromatic heterocycles. The van der Waals surface area contributed by atoms with Gasteiger partial charge in [0.25, 0.3) is 0 Å². The number of halogens is 4. The van der Waals surface area contributed by atoms with E-state index in [1.165, 1.54) is 32.1 Å². The van der Waals surface area contributed by atoms with Gasteiger partial charge in [-0.1, -0.05) is 36.9 Å². The average molecular weight is 384 g/mol. The molecule has 1 atom stereocenters. The highest BCUT2D eigenvalue weighted by Gasteiger charge is 2.33. The van der Waals surface area contributed by atoms with Crippen LogP contribution < -0.4 is 5.32 Å². The lowest BCUT2D eigenvalue weighted by Crippen LogP contribution is -2.47. The van der Waals surface area contributed by atoms with E-state index in [0.717, 1.165) is 31.7 Å². The Morgan fingerprint density at radius 1 is 1.09 bits per heavy atom. The molecule has 1 aliphatic carbocycles. The van der Waals surface area contributed by atoms with Crippen molar-refractivity contribution in [1.82, 2.24) is 10.2 Å². The fraction of sp³-hybridized carbons (Fsp3) is 0.647. The first-order valence-corrected chi connectivity index (χ1v) is 8.54. The maximum atomic E-state index is 14.5. The molecule has 1 aromatic rings. The van der Waals surface area contributed by atoms with Crippen molar-refractivity contribution in [3.63, 3.8) is 0 Å². The molecule has 0 bridgehead atoms. The van der Waals surface area contributed by atoms with Gasteiger partial charge in [0.05, 0.1) is 0 Å². The summed E-state index contributed by atoms with van der Waals surface area (Å²) in [6.45, 7) is 3.92. The molecule has 1 heterocycles. The van der Waals surface area contributed by atoms with Crippen molar-refractivity contribution in [1.29, 1.82) is 0 Å². The van der Waals surface area contributed by atoms with E-state index in [4.69, 9.17) is 11.6 Å². The minimum absolute atomic E-state index is 0. The summed E-state index contributed by atoms with van der Waals surface area (Å²) in [6, 6.07) is 5.23. The molecule has 0 spiro atoms. The normalized spacial score (nSPS) is 21.1. The molecule has 6 heteroatoms. The first-order chi connectivity index (χ1) is 10.3. The van der Waals surface area contributed by atoms with E-state index in [0.29, 0.717) is 10.9 Å². The number of hydrogen-bond donors (Lipinski definition) is 1. The highest BCUT2D eigenvalue weighted by molar-refractivity contribution is 6.31. The predicted octanol–water partition coefficient (Wildman–Crippen LogP) is 4.85. The Bertz CT molecular complexity index is 437. The molecule has 3 rings (SSSR count). The zero-order valence-corrected chi connectivity index (χ0v) is 15.7. The Morgan fingerprint density at radius 2 is 1.74 bits per heavy atom. The lowest BCUT2D eigenvalue weighted by atomic mass is 9.80. The third-order valence-electron chi connectivity index (χ3n) is 4.94. The number of rotatable bonds is 3. The first kappa shape index (κ1) is 21.0. The van der Waals surface area contributed by atoms with Crippen LogP contribution in [0.15, 0.2) is 18.2 Å². The van der Waals surface area contributed by atoms with Crippen LogP contribution >= 0.6 is 36.4 Å². The summed E-state index contributed by atoms with van der Waals surface area (Å²) in [7, 11) is 0. The van der Waals surface area contributed by atoms with Crippen LogP contribution in [-0.4, -0.2) is 31.1 Å². The fourth-order valence-corrected chi connectivity index (χ4v) is 4.19. The third-order valence-corrected chi connectivity index (χ3v) is 5.27. The van der Waals surface area contributed by atoms with Crippen LogP contribution in [0.2, 0.25) is 5.02 Å². The molecule has 2 nitrogen and oxygen atoms in total. The number of benzene rings is 1. The Kier molecular flexibility index (Phi) is 9.17. The van der Waals surface area contributed by atoms with Gasteiger partial charge in [-0.2, -0.15) is 0 Å². The summed E-state index contributed by atoms with van der Waals surface area (Å²) < 4.78 is 14.5. The van der Waals surface area contributed by atoms with Crippen LogP contribution in [0.3, 0.4) is 0 Å². The van der Waals surface area contributed by atoms with Gasteiger partial charge in [-0.3, -0.25) is 4.90 Å². The van der Waals surface area contributed by atoms with Crippen molar-refractivity contribution < 1.29 is 4.39 Å². The molecule has 0 radical (unpaired) electrons. The molecule has 0 unspecified atom stereocenters. The van der Waals surface area contributed by atoms with Crippen molar-refractivity contribution in [2.45, 2.75) is 38.1 Å². The molecule has 2 fully saturated rings. The first-order valence-electron chi connectivity index (χ1n) is 8.16. The molecule has 132 valence electrons. The number of nitrogens with one attached hydrogen (secondary N) is 1. The van der Waals surface area contributed by atoms with Gasteiger partial charge in [-0.25, -0.2) is 4.39 Å². The Morgan fingerprint density at radius 3 is 2.35 bits per heavy atom. The Labute approximate surface area is 156 Å². The smallest absolute Gasteiger partial charge is 0.129 e. The highest BCUT2D eigenvalue weighted by Crippen LogP contribution is 2.41. The lowest BCUT2D eigenvalue weighted by molar-refractivity contribution is 0.101. The van der Waals surface area contributed by atoms with Gasteiger partial charge < -0.3 is 5.32 Å². The van der Waals surface area contributed by atoms with E-state index in [-0.39, 0.29) is 36.7 Å². The van der Waals surface area contributed by atoms with E-state index < -0.39 is 0 Å². The molecule has 23 heavy (non-hydrogen) atoms. The zero-order valence-electron chi connectivity index (χ0n) is 13.3. The van der Waals surface area contributed by atoms with E-state index in [1.54, 1.807) is 12.1 Å². The van der Waals surface area contributed by atoms with Crippen molar-refractivity contribution in [2.24, 2.45) is 5.92 Å². The summed E-state index contributed by atoms with van der Waals surface area (Å²) in [6.07, 6.45) is 6.23. The largest absolute Gasteiger partial charge is 0.314 e. The maximum absolute atomic E-state index is 14.5. The van der Waals surface area contributed by atoms with Crippen LogP contribution in [0.4, 0.5) is 4.39 Å². The van der Waals surface area contributed by atoms with Gasteiger partial charge in [0.2, 0.25) is 0 Å². The third kappa shape index (κ3) is 4.96. The van der Waals surface area contributed by atoms with Crippen LogP contribution in [0.5, 0.6) is 0 Å². The summed E-state index contributed by atoms with van der Waals surface area (Å²) in [5.41, 5.74) is 0.730. The van der Waals surface area contributed by atoms with Gasteiger partial charge in [0.15, 0.2) is 0 Å². The minimum atomic E-state index is -0.142. The monoisotopic (exact) mass is 382 g/mol. The Hall–Kier alpha value is -0.0600.